The number of hydrogen-bond acceptors (Lipinski definition) is 0. The topological polar surface area (TPSA) is 0 Å². The van der Waals surface area contributed by atoms with Crippen LogP contribution in [0.25, 0.3) is 0 Å². The Morgan fingerprint density at radius 1 is 0.789 bits per heavy atom. The Morgan fingerprint density at radius 3 is 2.00 bits per heavy atom. The molecule has 0 N–H and O–H groups in total. The molecule has 0 aliphatic carbocycles. The Balaban J connectivity index is 1.91. The van der Waals surface area contributed by atoms with Crippen molar-refractivity contribution in [3.05, 3.63) is 78.4 Å². The molecular weight excluding hydrogens is 258 g/mol. The molecular formula is C16H16F2Si. The van der Waals surface area contributed by atoms with Crippen LogP contribution in [0.15, 0.2) is 72.8 Å². The molecule has 0 unspecified atom stereocenters. The number of hydrogen-bond donors (Lipinski definition) is 0. The largest absolute Gasteiger partial charge is 0.459 e. The highest BCUT2D eigenvalue weighted by atomic mass is 28.4. The quantitative estimate of drug-likeness (QED) is 0.438. The summed E-state index contributed by atoms with van der Waals surface area (Å²) in [6.45, 7) is 0. The lowest BCUT2D eigenvalue weighted by atomic mass is 10.1. The van der Waals surface area contributed by atoms with Gasteiger partial charge in [-0.3, -0.25) is 8.22 Å². The van der Waals surface area contributed by atoms with Crippen molar-refractivity contribution in [2.24, 2.45) is 0 Å². The van der Waals surface area contributed by atoms with E-state index in [4.69, 9.17) is 0 Å². The van der Waals surface area contributed by atoms with Gasteiger partial charge in [0.05, 0.1) is 0 Å². The molecule has 0 atom stereocenters. The van der Waals surface area contributed by atoms with E-state index in [1.165, 1.54) is 12.1 Å². The minimum absolute atomic E-state index is 0.121. The monoisotopic (exact) mass is 274 g/mol. The van der Waals surface area contributed by atoms with Crippen molar-refractivity contribution in [1.82, 2.24) is 0 Å². The van der Waals surface area contributed by atoms with Gasteiger partial charge in [0.2, 0.25) is 0 Å². The van der Waals surface area contributed by atoms with E-state index in [0.717, 1.165) is 5.56 Å². The van der Waals surface area contributed by atoms with E-state index in [0.29, 0.717) is 6.42 Å². The van der Waals surface area contributed by atoms with Gasteiger partial charge in [-0.25, -0.2) is 0 Å². The third-order valence-electron chi connectivity index (χ3n) is 2.93. The third-order valence-corrected chi connectivity index (χ3v) is 4.86. The average molecular weight is 274 g/mol. The molecule has 0 fully saturated rings. The first-order valence-electron chi connectivity index (χ1n) is 6.31. The maximum absolute atomic E-state index is 14.0. The number of rotatable bonds is 5. The standard InChI is InChI=1S/C16H16F2Si/c17-19(18,16-12-5-2-6-13-16)14-8-7-11-15-9-3-1-4-10-15/h1-10,12-13H,11,14H2/b8-7-. The van der Waals surface area contributed by atoms with Crippen LogP contribution >= 0.6 is 0 Å². The molecule has 2 aromatic carbocycles. The molecule has 0 aliphatic rings. The van der Waals surface area contributed by atoms with Crippen LogP contribution in [0, 0.1) is 0 Å². The molecule has 0 aromatic heterocycles. The summed E-state index contributed by atoms with van der Waals surface area (Å²) in [6, 6.07) is 17.9. The second kappa shape index (κ2) is 6.43. The van der Waals surface area contributed by atoms with Gasteiger partial charge in [0, 0.05) is 11.2 Å². The van der Waals surface area contributed by atoms with E-state index in [2.05, 4.69) is 0 Å². The number of benzene rings is 2. The molecule has 19 heavy (non-hydrogen) atoms. The molecule has 0 amide bonds. The van der Waals surface area contributed by atoms with Gasteiger partial charge in [-0.2, -0.15) is 0 Å². The van der Waals surface area contributed by atoms with E-state index in [1.807, 2.05) is 36.4 Å². The van der Waals surface area contributed by atoms with Gasteiger partial charge in [0.25, 0.3) is 0 Å². The molecule has 0 nitrogen and oxygen atoms in total. The van der Waals surface area contributed by atoms with Crippen molar-refractivity contribution in [2.75, 3.05) is 0 Å². The zero-order valence-corrected chi connectivity index (χ0v) is 11.6. The average Bonchev–Trinajstić information content (AvgIpc) is 2.46. The van der Waals surface area contributed by atoms with Crippen LogP contribution in [-0.2, 0) is 6.42 Å². The fourth-order valence-electron chi connectivity index (χ4n) is 1.86. The fraction of sp³-hybridized carbons (Fsp3) is 0.125. The summed E-state index contributed by atoms with van der Waals surface area (Å²) in [5.41, 5.74) is 1.14. The van der Waals surface area contributed by atoms with Gasteiger partial charge < -0.3 is 0 Å². The van der Waals surface area contributed by atoms with Gasteiger partial charge in [-0.05, 0) is 12.0 Å². The third kappa shape index (κ3) is 4.14. The summed E-state index contributed by atoms with van der Waals surface area (Å²) in [6.07, 6.45) is 4.16. The first kappa shape index (κ1) is 13.7. The Hall–Kier alpha value is -1.74. The highest BCUT2D eigenvalue weighted by Crippen LogP contribution is 2.14. The highest BCUT2D eigenvalue weighted by Gasteiger charge is 2.35. The second-order valence-corrected chi connectivity index (χ2v) is 6.83. The van der Waals surface area contributed by atoms with Crippen LogP contribution in [0.1, 0.15) is 5.56 Å². The number of halogens is 2. The minimum Gasteiger partial charge on any atom is -0.264 e. The van der Waals surface area contributed by atoms with Gasteiger partial charge in [-0.15, -0.1) is 0 Å². The van der Waals surface area contributed by atoms with Crippen LogP contribution < -0.4 is 5.19 Å². The normalized spacial score (nSPS) is 11.9. The molecule has 0 saturated carbocycles. The molecule has 0 saturated heterocycles. The summed E-state index contributed by atoms with van der Waals surface area (Å²) in [4.78, 5) is 0. The van der Waals surface area contributed by atoms with Crippen molar-refractivity contribution >= 4 is 13.9 Å². The van der Waals surface area contributed by atoms with Crippen molar-refractivity contribution in [3.63, 3.8) is 0 Å². The molecule has 0 bridgehead atoms. The van der Waals surface area contributed by atoms with Gasteiger partial charge >= 0.3 is 8.74 Å². The first-order valence-corrected chi connectivity index (χ1v) is 8.27. The van der Waals surface area contributed by atoms with Crippen LogP contribution in [-0.4, -0.2) is 8.74 Å². The maximum Gasteiger partial charge on any atom is 0.459 e. The molecule has 0 heterocycles. The molecule has 0 aliphatic heterocycles. The van der Waals surface area contributed by atoms with Crippen LogP contribution in [0.3, 0.4) is 0 Å². The first-order chi connectivity index (χ1) is 9.18. The summed E-state index contributed by atoms with van der Waals surface area (Å²) < 4.78 is 27.9. The second-order valence-electron chi connectivity index (χ2n) is 4.44. The van der Waals surface area contributed by atoms with Crippen LogP contribution in [0.5, 0.6) is 0 Å². The lowest BCUT2D eigenvalue weighted by molar-refractivity contribution is 0.631. The Morgan fingerprint density at radius 2 is 1.37 bits per heavy atom. The Kier molecular flexibility index (Phi) is 4.63. The summed E-state index contributed by atoms with van der Waals surface area (Å²) in [5, 5.41) is 0.208. The van der Waals surface area contributed by atoms with Gasteiger partial charge in [0.15, 0.2) is 0 Å². The smallest absolute Gasteiger partial charge is 0.264 e. The molecule has 0 radical (unpaired) electrons. The van der Waals surface area contributed by atoms with Crippen LogP contribution in [0.2, 0.25) is 6.04 Å². The summed E-state index contributed by atoms with van der Waals surface area (Å²) in [5.74, 6) is 0. The molecule has 98 valence electrons. The molecule has 2 rings (SSSR count). The van der Waals surface area contributed by atoms with E-state index in [-0.39, 0.29) is 11.2 Å². The van der Waals surface area contributed by atoms with Crippen molar-refractivity contribution in [1.29, 1.82) is 0 Å². The van der Waals surface area contributed by atoms with E-state index in [9.17, 15) is 8.22 Å². The minimum atomic E-state index is -4.30. The predicted octanol–water partition coefficient (Wildman–Crippen LogP) is 4.07. The van der Waals surface area contributed by atoms with Gasteiger partial charge in [-0.1, -0.05) is 72.8 Å². The summed E-state index contributed by atoms with van der Waals surface area (Å²) in [7, 11) is -4.30. The van der Waals surface area contributed by atoms with E-state index < -0.39 is 8.74 Å². The zero-order chi connectivity index (χ0) is 13.6. The van der Waals surface area contributed by atoms with Crippen molar-refractivity contribution in [2.45, 2.75) is 12.5 Å². The lowest BCUT2D eigenvalue weighted by Gasteiger charge is -2.10. The fourth-order valence-corrected chi connectivity index (χ4v) is 3.24. The van der Waals surface area contributed by atoms with Crippen molar-refractivity contribution < 1.29 is 8.22 Å². The van der Waals surface area contributed by atoms with Crippen LogP contribution in [0.4, 0.5) is 8.22 Å². The van der Waals surface area contributed by atoms with Crippen molar-refractivity contribution in [3.8, 4) is 0 Å². The summed E-state index contributed by atoms with van der Waals surface area (Å²) >= 11 is 0. The number of allylic oxidation sites excluding steroid dienone is 2. The van der Waals surface area contributed by atoms with E-state index in [1.54, 1.807) is 24.3 Å². The zero-order valence-electron chi connectivity index (χ0n) is 10.6. The Labute approximate surface area is 113 Å². The Bertz CT molecular complexity index is 521. The maximum atomic E-state index is 14.0. The lowest BCUT2D eigenvalue weighted by Crippen LogP contribution is -2.37. The highest BCUT2D eigenvalue weighted by molar-refractivity contribution is 6.80. The van der Waals surface area contributed by atoms with E-state index >= 15 is 0 Å². The molecule has 3 heteroatoms. The molecule has 0 spiro atoms. The SMILES string of the molecule is F[Si](F)(C/C=C\Cc1ccccc1)c1ccccc1. The predicted molar refractivity (Wildman–Crippen MR) is 78.1 cm³/mol. The van der Waals surface area contributed by atoms with Gasteiger partial charge in [0.1, 0.15) is 0 Å². The molecule has 2 aromatic rings.